The number of hydrogen-bond acceptors (Lipinski definition) is 16. The molecule has 0 saturated heterocycles. The van der Waals surface area contributed by atoms with Crippen LogP contribution in [0.4, 0.5) is 14.4 Å². The van der Waals surface area contributed by atoms with Crippen molar-refractivity contribution in [1.29, 1.82) is 0 Å². The van der Waals surface area contributed by atoms with Gasteiger partial charge in [0.15, 0.2) is 17.7 Å². The predicted molar refractivity (Wildman–Crippen MR) is 408 cm³/mol. The van der Waals surface area contributed by atoms with E-state index in [-0.39, 0.29) is 73.8 Å². The number of Topliss-reactive ketones (excluding diaryl/α,β-unsaturated/α-hetero) is 2. The number of aliphatic hydroxyl groups excluding tert-OH is 1. The van der Waals surface area contributed by atoms with Gasteiger partial charge in [0.1, 0.15) is 31.1 Å². The number of nitrogens with one attached hydrogen (secondary N) is 3. The maximum absolute atomic E-state index is 13.2. The SMILES string of the molecule is CC(C)C[C@H](NC(=O)OCC1c2ccccc2-c2ccccc21)C(=O)CC(O)C(=O)O.CC(C)C[C@H](NC(=O)OCC1c2ccccc2-c2ccccc21)C(=O)CC(Sc1ccccc1)C(=O)O.CC(C)C[C@H](NC(=O)OCC1c2ccccc2-c2ccccc21)C(N)=O.O=CC(=O)O.Sc1ccccc1. The summed E-state index contributed by atoms with van der Waals surface area (Å²) in [6.45, 7) is 12.1. The molecule has 556 valence electrons. The van der Waals surface area contributed by atoms with E-state index in [1.54, 1.807) is 0 Å². The van der Waals surface area contributed by atoms with Crippen LogP contribution in [-0.4, -0.2) is 130 Å². The summed E-state index contributed by atoms with van der Waals surface area (Å²) in [6.07, 6.45) is -3.58. The number of alkyl carbamates (subject to hydrolysis) is 3. The van der Waals surface area contributed by atoms with E-state index in [2.05, 4.69) is 65.0 Å². The van der Waals surface area contributed by atoms with E-state index < -0.39 is 83.8 Å². The number of benzene rings is 8. The lowest BCUT2D eigenvalue weighted by molar-refractivity contribution is -0.149. The minimum absolute atomic E-state index is 0.00900. The van der Waals surface area contributed by atoms with E-state index >= 15 is 0 Å². The summed E-state index contributed by atoms with van der Waals surface area (Å²) in [5.41, 5.74) is 18.9. The zero-order valence-corrected chi connectivity index (χ0v) is 61.5. The molecule has 8 aromatic carbocycles. The molecule has 5 atom stereocenters. The molecule has 0 spiro atoms. The molecule has 0 fully saturated rings. The van der Waals surface area contributed by atoms with Gasteiger partial charge >= 0.3 is 36.2 Å². The Morgan fingerprint density at radius 3 is 0.962 bits per heavy atom. The monoisotopic (exact) mass is 1480 g/mol. The number of rotatable bonds is 27. The zero-order valence-electron chi connectivity index (χ0n) is 59.7. The van der Waals surface area contributed by atoms with Crippen LogP contribution in [0.25, 0.3) is 33.4 Å². The molecule has 9 N–H and O–H groups in total. The number of thioether (sulfide) groups is 1. The highest BCUT2D eigenvalue weighted by atomic mass is 32.2. The zero-order chi connectivity index (χ0) is 77.0. The molecule has 11 rings (SSSR count). The molecule has 23 heteroatoms. The Morgan fingerprint density at radius 1 is 0.425 bits per heavy atom. The lowest BCUT2D eigenvalue weighted by atomic mass is 9.97. The maximum atomic E-state index is 13.2. The van der Waals surface area contributed by atoms with E-state index in [0.29, 0.717) is 19.3 Å². The molecule has 0 bridgehead atoms. The first-order chi connectivity index (χ1) is 50.7. The van der Waals surface area contributed by atoms with Crippen LogP contribution in [0.2, 0.25) is 0 Å². The summed E-state index contributed by atoms with van der Waals surface area (Å²) in [5, 5.41) is 42.3. The third-order valence-electron chi connectivity index (χ3n) is 17.4. The second kappa shape index (κ2) is 41.0. The molecular formula is C83H90N4O17S2. The molecule has 3 aliphatic carbocycles. The maximum Gasteiger partial charge on any atom is 0.407 e. The lowest BCUT2D eigenvalue weighted by Crippen LogP contribution is -2.45. The highest BCUT2D eigenvalue weighted by molar-refractivity contribution is 8.00. The molecule has 2 unspecified atom stereocenters. The van der Waals surface area contributed by atoms with Crippen LogP contribution < -0.4 is 21.7 Å². The second-order valence-electron chi connectivity index (χ2n) is 26.6. The summed E-state index contributed by atoms with van der Waals surface area (Å²) in [5.74, 6) is -5.15. The number of aliphatic carboxylic acids is 3. The first-order valence-electron chi connectivity index (χ1n) is 34.7. The Kier molecular flexibility index (Phi) is 31.9. The van der Waals surface area contributed by atoms with Crippen molar-refractivity contribution in [2.24, 2.45) is 23.5 Å². The summed E-state index contributed by atoms with van der Waals surface area (Å²) < 4.78 is 16.5. The van der Waals surface area contributed by atoms with E-state index in [9.17, 15) is 48.6 Å². The van der Waals surface area contributed by atoms with Crippen LogP contribution in [0.3, 0.4) is 0 Å². The van der Waals surface area contributed by atoms with Crippen molar-refractivity contribution in [1.82, 2.24) is 16.0 Å². The van der Waals surface area contributed by atoms with Crippen molar-refractivity contribution >= 4 is 84.3 Å². The number of carboxylic acid groups (broad SMARTS) is 3. The number of carboxylic acids is 3. The number of nitrogens with two attached hydrogens (primary N) is 1. The number of fused-ring (bicyclic) bond motifs is 9. The van der Waals surface area contributed by atoms with Gasteiger partial charge in [0, 0.05) is 40.4 Å². The van der Waals surface area contributed by atoms with E-state index in [0.717, 1.165) is 77.2 Å². The normalized spacial score (nSPS) is 13.3. The van der Waals surface area contributed by atoms with Crippen molar-refractivity contribution in [3.63, 3.8) is 0 Å². The van der Waals surface area contributed by atoms with E-state index in [1.165, 1.54) is 11.1 Å². The summed E-state index contributed by atoms with van der Waals surface area (Å²) in [7, 11) is 0. The minimum Gasteiger partial charge on any atom is -0.480 e. The number of ketones is 2. The Hall–Kier alpha value is -10.9. The van der Waals surface area contributed by atoms with Gasteiger partial charge in [-0.25, -0.2) is 24.0 Å². The Bertz CT molecular complexity index is 4190. The Labute approximate surface area is 626 Å². The fourth-order valence-corrected chi connectivity index (χ4v) is 13.7. The van der Waals surface area contributed by atoms with Crippen molar-refractivity contribution in [3.8, 4) is 33.4 Å². The third-order valence-corrected chi connectivity index (χ3v) is 18.9. The fourth-order valence-electron chi connectivity index (χ4n) is 12.6. The predicted octanol–water partition coefficient (Wildman–Crippen LogP) is 14.2. The van der Waals surface area contributed by atoms with Gasteiger partial charge in [-0.1, -0.05) is 224 Å². The van der Waals surface area contributed by atoms with Crippen LogP contribution in [0.15, 0.2) is 216 Å². The quantitative estimate of drug-likeness (QED) is 0.00759. The third kappa shape index (κ3) is 24.4. The van der Waals surface area contributed by atoms with Crippen LogP contribution >= 0.6 is 24.4 Å². The van der Waals surface area contributed by atoms with Gasteiger partial charge in [-0.2, -0.15) is 0 Å². The average Bonchev–Trinajstić information content (AvgIpc) is 1.63. The van der Waals surface area contributed by atoms with Crippen LogP contribution in [0.5, 0.6) is 0 Å². The number of amides is 4. The molecule has 3 aliphatic rings. The number of hydrogen-bond donors (Lipinski definition) is 9. The summed E-state index contributed by atoms with van der Waals surface area (Å²) in [6, 6.07) is 64.8. The Morgan fingerprint density at radius 2 is 0.698 bits per heavy atom. The molecule has 21 nitrogen and oxygen atoms in total. The number of primary amides is 1. The summed E-state index contributed by atoms with van der Waals surface area (Å²) in [4.78, 5) is 117. The molecule has 8 aromatic rings. The number of thiol groups is 1. The molecule has 0 heterocycles. The number of aliphatic hydroxyl groups is 1. The van der Waals surface area contributed by atoms with Crippen molar-refractivity contribution in [2.45, 2.75) is 131 Å². The molecule has 0 saturated carbocycles. The topological polar surface area (TPSA) is 341 Å². The van der Waals surface area contributed by atoms with Crippen molar-refractivity contribution < 1.29 is 82.6 Å². The first kappa shape index (κ1) is 82.4. The highest BCUT2D eigenvalue weighted by Crippen LogP contribution is 2.47. The van der Waals surface area contributed by atoms with Gasteiger partial charge in [0.25, 0.3) is 0 Å². The largest absolute Gasteiger partial charge is 0.480 e. The van der Waals surface area contributed by atoms with Gasteiger partial charge in [0.05, 0.1) is 12.1 Å². The molecule has 4 amide bonds. The minimum atomic E-state index is -1.80. The van der Waals surface area contributed by atoms with E-state index in [1.807, 2.05) is 211 Å². The molecular weight excluding hydrogens is 1390 g/mol. The summed E-state index contributed by atoms with van der Waals surface area (Å²) >= 11 is 5.21. The van der Waals surface area contributed by atoms with Crippen LogP contribution in [0.1, 0.15) is 125 Å². The molecule has 106 heavy (non-hydrogen) atoms. The van der Waals surface area contributed by atoms with Gasteiger partial charge < -0.3 is 56.3 Å². The number of carbonyl (C=O) groups is 10. The van der Waals surface area contributed by atoms with Crippen LogP contribution in [0, 0.1) is 17.8 Å². The number of carbonyl (C=O) groups excluding carboxylic acids is 7. The molecule has 0 radical (unpaired) electrons. The Balaban J connectivity index is 0.000000207. The van der Waals surface area contributed by atoms with Gasteiger partial charge in [-0.3, -0.25) is 24.0 Å². The van der Waals surface area contributed by atoms with Crippen molar-refractivity contribution in [3.05, 3.63) is 240 Å². The van der Waals surface area contributed by atoms with Gasteiger partial charge in [-0.15, -0.1) is 24.4 Å². The number of ether oxygens (including phenoxy) is 3. The van der Waals surface area contributed by atoms with E-state index in [4.69, 9.17) is 39.7 Å². The fraction of sp³-hybridized carbons (Fsp3) is 0.301. The second-order valence-corrected chi connectivity index (χ2v) is 28.4. The van der Waals surface area contributed by atoms with Crippen LogP contribution in [-0.2, 0) is 47.8 Å². The van der Waals surface area contributed by atoms with Gasteiger partial charge in [-0.05, 0) is 128 Å². The lowest BCUT2D eigenvalue weighted by Gasteiger charge is -2.22. The highest BCUT2D eigenvalue weighted by Gasteiger charge is 2.35. The van der Waals surface area contributed by atoms with Gasteiger partial charge in [0.2, 0.25) is 12.2 Å². The standard InChI is InChI=1S/C30H31NO5S.C24H27NO6.C21H24N2O3.C6H6S.C2H2O3/c1-19(2)16-26(27(32)17-28(29(33)34)37-20-10-4-3-5-11-20)31-30(35)36-18-25-23-14-8-6-12-21(23)22-13-7-9-15-24(22)25;1-14(2)11-20(21(26)12-22(27)23(28)29)25-24(30)31-13-19-17-9-5-3-7-15(17)16-8-4-6-10-18(16)19;1-13(2)11-19(20(22)24)23-21(25)26-12-18-16-9-5-3-7-14(16)15-8-4-6-10-17(15)18;7-6-4-2-1-3-5-6;3-1-2(4)5/h3-15,19,25-26,28H,16-18H2,1-2H3,(H,31,35)(H,33,34);3-10,14,19-20,22,27H,11-13H2,1-2H3,(H,25,30)(H,28,29);3-10,13,18-19H,11-12H2,1-2H3,(H2,22,24)(H,23,25);1-5,7H;1H,(H,4,5)/t26-,28?;20-,22?;19-;;/m000../s1. The average molecular weight is 1480 g/mol. The first-order valence-corrected chi connectivity index (χ1v) is 36.0. The molecule has 0 aromatic heterocycles. The van der Waals surface area contributed by atoms with Crippen molar-refractivity contribution in [2.75, 3.05) is 19.8 Å². The smallest absolute Gasteiger partial charge is 0.407 e. The molecule has 0 aliphatic heterocycles. The number of aldehydes is 1.